The zero-order valence-corrected chi connectivity index (χ0v) is 12.2. The lowest BCUT2D eigenvalue weighted by molar-refractivity contribution is 0.0759. The van der Waals surface area contributed by atoms with Crippen molar-refractivity contribution in [3.63, 3.8) is 0 Å². The van der Waals surface area contributed by atoms with Crippen molar-refractivity contribution in [2.75, 3.05) is 5.32 Å². The summed E-state index contributed by atoms with van der Waals surface area (Å²) < 4.78 is 6.05. The number of nitrogens with one attached hydrogen (secondary N) is 1. The molecule has 3 heteroatoms. The van der Waals surface area contributed by atoms with E-state index in [-0.39, 0.29) is 11.6 Å². The first-order valence-corrected chi connectivity index (χ1v) is 7.01. The molecule has 1 aliphatic rings. The minimum Gasteiger partial charge on any atom is -0.487 e. The molecule has 3 rings (SSSR count). The molecule has 0 radical (unpaired) electrons. The van der Waals surface area contributed by atoms with E-state index < -0.39 is 0 Å². The number of para-hydroxylation sites is 1. The largest absolute Gasteiger partial charge is 0.487 e. The van der Waals surface area contributed by atoms with Crippen molar-refractivity contribution in [3.8, 4) is 5.75 Å². The maximum absolute atomic E-state index is 6.05. The Labute approximate surface area is 120 Å². The SMILES string of the molecule is Cc1ccc(NC2CC(C)(C)Oc3ccccc32)cn1. The molecule has 20 heavy (non-hydrogen) atoms. The van der Waals surface area contributed by atoms with E-state index in [0.29, 0.717) is 0 Å². The fourth-order valence-corrected chi connectivity index (χ4v) is 2.69. The normalized spacial score (nSPS) is 19.9. The summed E-state index contributed by atoms with van der Waals surface area (Å²) in [6, 6.07) is 12.6. The maximum atomic E-state index is 6.05. The number of nitrogens with zero attached hydrogens (tertiary/aromatic N) is 1. The van der Waals surface area contributed by atoms with Crippen LogP contribution in [0.2, 0.25) is 0 Å². The summed E-state index contributed by atoms with van der Waals surface area (Å²) in [5, 5.41) is 3.58. The Morgan fingerprint density at radius 3 is 2.75 bits per heavy atom. The predicted octanol–water partition coefficient (Wildman–Crippen LogP) is 4.10. The van der Waals surface area contributed by atoms with Crippen LogP contribution in [0.5, 0.6) is 5.75 Å². The Kier molecular flexibility index (Phi) is 3.13. The third-order valence-electron chi connectivity index (χ3n) is 3.63. The number of anilines is 1. The number of aryl methyl sites for hydroxylation is 1. The highest BCUT2D eigenvalue weighted by molar-refractivity contribution is 5.48. The predicted molar refractivity (Wildman–Crippen MR) is 81.1 cm³/mol. The molecule has 1 atom stereocenters. The molecule has 1 aromatic heterocycles. The van der Waals surface area contributed by atoms with Gasteiger partial charge in [0.2, 0.25) is 0 Å². The molecule has 0 saturated carbocycles. The van der Waals surface area contributed by atoms with Crippen molar-refractivity contribution >= 4 is 5.69 Å². The quantitative estimate of drug-likeness (QED) is 0.890. The zero-order valence-electron chi connectivity index (χ0n) is 12.2. The van der Waals surface area contributed by atoms with Gasteiger partial charge in [0.15, 0.2) is 0 Å². The van der Waals surface area contributed by atoms with Crippen LogP contribution in [0.3, 0.4) is 0 Å². The first kappa shape index (κ1) is 13.0. The molecule has 2 aromatic rings. The summed E-state index contributed by atoms with van der Waals surface area (Å²) in [4.78, 5) is 4.34. The number of rotatable bonds is 2. The molecule has 0 aliphatic carbocycles. The topological polar surface area (TPSA) is 34.1 Å². The van der Waals surface area contributed by atoms with Crippen molar-refractivity contribution in [1.82, 2.24) is 4.98 Å². The Hall–Kier alpha value is -2.03. The molecule has 0 fully saturated rings. The van der Waals surface area contributed by atoms with E-state index in [0.717, 1.165) is 23.6 Å². The Morgan fingerprint density at radius 2 is 2.00 bits per heavy atom. The van der Waals surface area contributed by atoms with Crippen molar-refractivity contribution in [1.29, 1.82) is 0 Å². The monoisotopic (exact) mass is 268 g/mol. The molecule has 1 N–H and O–H groups in total. The van der Waals surface area contributed by atoms with E-state index in [1.54, 1.807) is 0 Å². The van der Waals surface area contributed by atoms with Gasteiger partial charge in [0.25, 0.3) is 0 Å². The summed E-state index contributed by atoms with van der Waals surface area (Å²) >= 11 is 0. The molecule has 1 aliphatic heterocycles. The number of ether oxygens (including phenoxy) is 1. The Morgan fingerprint density at radius 1 is 1.20 bits per heavy atom. The van der Waals surface area contributed by atoms with Crippen LogP contribution < -0.4 is 10.1 Å². The van der Waals surface area contributed by atoms with Crippen molar-refractivity contribution in [2.24, 2.45) is 0 Å². The minimum absolute atomic E-state index is 0.163. The van der Waals surface area contributed by atoms with Crippen LogP contribution in [0.25, 0.3) is 0 Å². The number of hydrogen-bond donors (Lipinski definition) is 1. The third-order valence-corrected chi connectivity index (χ3v) is 3.63. The van der Waals surface area contributed by atoms with Gasteiger partial charge in [0, 0.05) is 17.7 Å². The zero-order chi connectivity index (χ0) is 14.2. The number of benzene rings is 1. The van der Waals surface area contributed by atoms with Crippen LogP contribution in [0, 0.1) is 6.92 Å². The second-order valence-corrected chi connectivity index (χ2v) is 5.99. The number of aromatic nitrogens is 1. The average molecular weight is 268 g/mol. The van der Waals surface area contributed by atoms with Gasteiger partial charge in [0.1, 0.15) is 11.4 Å². The van der Waals surface area contributed by atoms with Crippen molar-refractivity contribution in [2.45, 2.75) is 38.8 Å². The van der Waals surface area contributed by atoms with Crippen LogP contribution in [0.15, 0.2) is 42.6 Å². The van der Waals surface area contributed by atoms with E-state index in [1.807, 2.05) is 31.3 Å². The maximum Gasteiger partial charge on any atom is 0.125 e. The summed E-state index contributed by atoms with van der Waals surface area (Å²) in [7, 11) is 0. The fraction of sp³-hybridized carbons (Fsp3) is 0.353. The van der Waals surface area contributed by atoms with Crippen LogP contribution in [0.1, 0.15) is 37.6 Å². The highest BCUT2D eigenvalue weighted by Gasteiger charge is 2.33. The van der Waals surface area contributed by atoms with E-state index in [4.69, 9.17) is 4.74 Å². The number of pyridine rings is 1. The van der Waals surface area contributed by atoms with Gasteiger partial charge in [-0.3, -0.25) is 4.98 Å². The second-order valence-electron chi connectivity index (χ2n) is 5.99. The smallest absolute Gasteiger partial charge is 0.125 e. The minimum atomic E-state index is -0.163. The molecule has 0 saturated heterocycles. The second kappa shape index (κ2) is 4.82. The highest BCUT2D eigenvalue weighted by atomic mass is 16.5. The molecule has 2 heterocycles. The molecular weight excluding hydrogens is 248 g/mol. The highest BCUT2D eigenvalue weighted by Crippen LogP contribution is 2.40. The molecule has 1 unspecified atom stereocenters. The van der Waals surface area contributed by atoms with Gasteiger partial charge in [0.05, 0.1) is 17.9 Å². The summed E-state index contributed by atoms with van der Waals surface area (Å²) in [6.45, 7) is 6.26. The molecule has 3 nitrogen and oxygen atoms in total. The van der Waals surface area contributed by atoms with Crippen molar-refractivity contribution < 1.29 is 4.74 Å². The van der Waals surface area contributed by atoms with Crippen LogP contribution in [-0.2, 0) is 0 Å². The van der Waals surface area contributed by atoms with Crippen molar-refractivity contribution in [3.05, 3.63) is 53.9 Å². The van der Waals surface area contributed by atoms with E-state index in [2.05, 4.69) is 42.3 Å². The summed E-state index contributed by atoms with van der Waals surface area (Å²) in [5.74, 6) is 0.973. The Bertz CT molecular complexity index is 605. The van der Waals surface area contributed by atoms with Gasteiger partial charge in [-0.05, 0) is 39.0 Å². The van der Waals surface area contributed by atoms with Gasteiger partial charge in [-0.25, -0.2) is 0 Å². The Balaban J connectivity index is 1.90. The molecule has 0 spiro atoms. The summed E-state index contributed by atoms with van der Waals surface area (Å²) in [5.41, 5.74) is 3.13. The fourth-order valence-electron chi connectivity index (χ4n) is 2.69. The van der Waals surface area contributed by atoms with Gasteiger partial charge in [-0.2, -0.15) is 0 Å². The first-order valence-electron chi connectivity index (χ1n) is 7.01. The summed E-state index contributed by atoms with van der Waals surface area (Å²) in [6.07, 6.45) is 2.82. The van der Waals surface area contributed by atoms with Crippen LogP contribution >= 0.6 is 0 Å². The average Bonchev–Trinajstić information content (AvgIpc) is 2.40. The first-order chi connectivity index (χ1) is 9.53. The van der Waals surface area contributed by atoms with Crippen LogP contribution in [0.4, 0.5) is 5.69 Å². The van der Waals surface area contributed by atoms with Gasteiger partial charge < -0.3 is 10.1 Å². The molecule has 0 amide bonds. The standard InChI is InChI=1S/C17H20N2O/c1-12-8-9-13(11-18-12)19-15-10-17(2,3)20-16-7-5-4-6-14(15)16/h4-9,11,15,19H,10H2,1-3H3. The lowest BCUT2D eigenvalue weighted by Gasteiger charge is -2.38. The van der Waals surface area contributed by atoms with Gasteiger partial charge in [-0.15, -0.1) is 0 Å². The van der Waals surface area contributed by atoms with E-state index >= 15 is 0 Å². The van der Waals surface area contributed by atoms with Crippen LogP contribution in [-0.4, -0.2) is 10.6 Å². The lowest BCUT2D eigenvalue weighted by Crippen LogP contribution is -2.37. The third kappa shape index (κ3) is 2.62. The molecular formula is C17H20N2O. The lowest BCUT2D eigenvalue weighted by atomic mass is 9.89. The van der Waals surface area contributed by atoms with E-state index in [9.17, 15) is 0 Å². The number of fused-ring (bicyclic) bond motifs is 1. The molecule has 0 bridgehead atoms. The van der Waals surface area contributed by atoms with E-state index in [1.165, 1.54) is 5.56 Å². The molecule has 1 aromatic carbocycles. The number of hydrogen-bond acceptors (Lipinski definition) is 3. The van der Waals surface area contributed by atoms with Gasteiger partial charge >= 0.3 is 0 Å². The molecule has 104 valence electrons. The van der Waals surface area contributed by atoms with Gasteiger partial charge in [-0.1, -0.05) is 18.2 Å².